The fraction of sp³-hybridized carbons (Fsp3) is 0.222. The monoisotopic (exact) mass is 386 g/mol. The van der Waals surface area contributed by atoms with Crippen molar-refractivity contribution >= 4 is 23.4 Å². The largest absolute Gasteiger partial charge is 0.294 e. The summed E-state index contributed by atoms with van der Waals surface area (Å²) in [6.07, 6.45) is 6.17. The Bertz CT molecular complexity index is 983. The maximum Gasteiger partial charge on any atom is 0.185 e. The highest BCUT2D eigenvalue weighted by molar-refractivity contribution is 7.99. The minimum Gasteiger partial charge on any atom is -0.294 e. The summed E-state index contributed by atoms with van der Waals surface area (Å²) in [5.41, 5.74) is 5.07. The van der Waals surface area contributed by atoms with Crippen molar-refractivity contribution in [3.63, 3.8) is 0 Å². The molecule has 138 valence electrons. The minimum absolute atomic E-state index is 0.0572. The van der Waals surface area contributed by atoms with Crippen LogP contribution in [0.5, 0.6) is 0 Å². The summed E-state index contributed by atoms with van der Waals surface area (Å²) < 4.78 is 18.2. The number of rotatable bonds is 5. The highest BCUT2D eigenvalue weighted by atomic mass is 32.2. The van der Waals surface area contributed by atoms with Gasteiger partial charge in [-0.2, -0.15) is 0 Å². The van der Waals surface area contributed by atoms with Gasteiger partial charge in [-0.1, -0.05) is 35.6 Å². The Morgan fingerprint density at radius 3 is 3.15 bits per heavy atom. The Kier molecular flexibility index (Phi) is 4.87. The van der Waals surface area contributed by atoms with Gasteiger partial charge >= 0.3 is 0 Å². The van der Waals surface area contributed by atoms with E-state index in [2.05, 4.69) is 15.3 Å². The zero-order chi connectivity index (χ0) is 18.8. The molecule has 2 aliphatic rings. The summed E-state index contributed by atoms with van der Waals surface area (Å²) in [7, 11) is 0. The summed E-state index contributed by atoms with van der Waals surface area (Å²) >= 11 is 1.33. The van der Waals surface area contributed by atoms with Gasteiger partial charge in [-0.3, -0.25) is 20.5 Å². The van der Waals surface area contributed by atoms with Crippen LogP contribution in [-0.4, -0.2) is 32.9 Å². The number of thioether (sulfide) groups is 1. The first-order valence-corrected chi connectivity index (χ1v) is 9.23. The maximum atomic E-state index is 13.4. The van der Waals surface area contributed by atoms with Crippen LogP contribution in [0.2, 0.25) is 0 Å². The summed E-state index contributed by atoms with van der Waals surface area (Å²) in [6.45, 7) is 0. The van der Waals surface area contributed by atoms with Crippen LogP contribution < -0.4 is 5.48 Å². The van der Waals surface area contributed by atoms with E-state index in [1.807, 2.05) is 11.6 Å². The highest BCUT2D eigenvalue weighted by Crippen LogP contribution is 2.37. The lowest BCUT2D eigenvalue weighted by Gasteiger charge is -2.27. The fourth-order valence-corrected chi connectivity index (χ4v) is 3.85. The molecule has 1 aromatic heterocycles. The first-order valence-electron chi connectivity index (χ1n) is 8.25. The number of hydrogen-bond donors (Lipinski definition) is 2. The van der Waals surface area contributed by atoms with Crippen LogP contribution in [0.1, 0.15) is 29.3 Å². The van der Waals surface area contributed by atoms with Gasteiger partial charge in [0, 0.05) is 12.2 Å². The molecule has 1 atom stereocenters. The number of amidine groups is 1. The number of benzene rings is 1. The molecule has 2 aliphatic carbocycles. The van der Waals surface area contributed by atoms with E-state index in [1.165, 1.54) is 30.0 Å². The van der Waals surface area contributed by atoms with Crippen LogP contribution >= 0.6 is 11.8 Å². The Balaban J connectivity index is 1.51. The van der Waals surface area contributed by atoms with Crippen LogP contribution in [0, 0.1) is 5.82 Å². The topological polar surface area (TPSA) is 101 Å². The lowest BCUT2D eigenvalue weighted by Crippen LogP contribution is -2.25. The molecule has 1 heterocycles. The van der Waals surface area contributed by atoms with Gasteiger partial charge in [0.1, 0.15) is 5.82 Å². The molecule has 0 saturated carbocycles. The second-order valence-corrected chi connectivity index (χ2v) is 7.15. The number of allylic oxidation sites excluding steroid dienone is 3. The third-order valence-electron chi connectivity index (χ3n) is 4.36. The third kappa shape index (κ3) is 3.69. The molecule has 9 heteroatoms. The predicted octanol–water partition coefficient (Wildman–Crippen LogP) is 2.78. The summed E-state index contributed by atoms with van der Waals surface area (Å²) in [5, 5.41) is 17.6. The Hall–Kier alpha value is -2.78. The molecule has 2 N–H and O–H groups in total. The van der Waals surface area contributed by atoms with Gasteiger partial charge in [-0.25, -0.2) is 9.02 Å². The number of nitrogens with zero attached hydrogens (tertiary/aromatic N) is 3. The van der Waals surface area contributed by atoms with Gasteiger partial charge in [0.05, 0.1) is 6.04 Å². The molecule has 7 nitrogen and oxygen atoms in total. The number of fused-ring (bicyclic) bond motifs is 1. The first-order chi connectivity index (χ1) is 13.1. The van der Waals surface area contributed by atoms with Crippen molar-refractivity contribution in [1.29, 1.82) is 0 Å². The molecule has 0 unspecified atom stereocenters. The van der Waals surface area contributed by atoms with Crippen LogP contribution in [0.25, 0.3) is 0 Å². The van der Waals surface area contributed by atoms with Crippen molar-refractivity contribution in [3.05, 3.63) is 64.6 Å². The molecule has 0 saturated heterocycles. The number of carbonyl (C=O) groups excluding carboxylic acids is 1. The van der Waals surface area contributed by atoms with Crippen LogP contribution in [-0.2, 0) is 11.2 Å². The van der Waals surface area contributed by atoms with Gasteiger partial charge in [0.25, 0.3) is 0 Å². The molecule has 4 rings (SSSR count). The van der Waals surface area contributed by atoms with Crippen molar-refractivity contribution in [3.8, 4) is 0 Å². The number of nitrogens with one attached hydrogen (secondary N) is 1. The van der Waals surface area contributed by atoms with Crippen molar-refractivity contribution < 1.29 is 19.0 Å². The van der Waals surface area contributed by atoms with E-state index in [1.54, 1.807) is 12.1 Å². The van der Waals surface area contributed by atoms with E-state index in [0.717, 1.165) is 16.7 Å². The predicted molar refractivity (Wildman–Crippen MR) is 96.2 cm³/mol. The second kappa shape index (κ2) is 7.45. The normalized spacial score (nSPS) is 18.7. The maximum absolute atomic E-state index is 13.4. The number of aliphatic imine (C=N–C) groups is 1. The first kappa shape index (κ1) is 17.6. The second-order valence-electron chi connectivity index (χ2n) is 6.19. The SMILES string of the molecule is O=C1C=CC=C(CSc2nonc2C(=N[C@H]2Cc3ccc(F)cc32)NO)C1. The quantitative estimate of drug-likeness (QED) is 0.353. The Morgan fingerprint density at radius 2 is 2.33 bits per heavy atom. The zero-order valence-electron chi connectivity index (χ0n) is 14.1. The molecule has 2 aromatic rings. The van der Waals surface area contributed by atoms with E-state index in [9.17, 15) is 14.4 Å². The molecular weight excluding hydrogens is 371 g/mol. The van der Waals surface area contributed by atoms with E-state index in [0.29, 0.717) is 23.6 Å². The summed E-state index contributed by atoms with van der Waals surface area (Å²) in [4.78, 5) is 15.9. The van der Waals surface area contributed by atoms with Crippen molar-refractivity contribution in [2.75, 3.05) is 5.75 Å². The van der Waals surface area contributed by atoms with Crippen molar-refractivity contribution in [2.24, 2.45) is 4.99 Å². The minimum atomic E-state index is -0.323. The highest BCUT2D eigenvalue weighted by Gasteiger charge is 2.28. The molecule has 0 spiro atoms. The number of ketones is 1. The van der Waals surface area contributed by atoms with Gasteiger partial charge < -0.3 is 0 Å². The molecule has 27 heavy (non-hydrogen) atoms. The zero-order valence-corrected chi connectivity index (χ0v) is 14.9. The van der Waals surface area contributed by atoms with Crippen LogP contribution in [0.4, 0.5) is 4.39 Å². The van der Waals surface area contributed by atoms with Gasteiger partial charge in [0.2, 0.25) is 0 Å². The average Bonchev–Trinajstić information content (AvgIpc) is 3.11. The van der Waals surface area contributed by atoms with E-state index in [-0.39, 0.29) is 29.2 Å². The number of hydrogen-bond acceptors (Lipinski definition) is 7. The third-order valence-corrected chi connectivity index (χ3v) is 5.42. The Morgan fingerprint density at radius 1 is 1.44 bits per heavy atom. The summed E-state index contributed by atoms with van der Waals surface area (Å²) in [5.74, 6) is 0.373. The number of aromatic nitrogens is 2. The lowest BCUT2D eigenvalue weighted by molar-refractivity contribution is -0.114. The number of halogens is 1. The number of carbonyl (C=O) groups is 1. The molecule has 0 amide bonds. The van der Waals surface area contributed by atoms with E-state index < -0.39 is 0 Å². The fourth-order valence-electron chi connectivity index (χ4n) is 2.98. The standard InChI is InChI=1S/C18H15FN4O3S/c19-12-5-4-11-7-15(14(11)8-12)20-17(21-25)16-18(23-26-22-16)27-9-10-2-1-3-13(24)6-10/h1-5,8,15,25H,6-7,9H2,(H,20,21)/t15-/m0/s1. The molecule has 0 radical (unpaired) electrons. The Labute approximate surface area is 158 Å². The molecule has 1 aromatic carbocycles. The van der Waals surface area contributed by atoms with Crippen LogP contribution in [0.15, 0.2) is 56.6 Å². The average molecular weight is 386 g/mol. The molecule has 0 fully saturated rings. The van der Waals surface area contributed by atoms with Gasteiger partial charge in [0.15, 0.2) is 22.3 Å². The lowest BCUT2D eigenvalue weighted by atomic mass is 9.83. The van der Waals surface area contributed by atoms with Crippen LogP contribution in [0.3, 0.4) is 0 Å². The molecule has 0 aliphatic heterocycles. The van der Waals surface area contributed by atoms with Gasteiger partial charge in [-0.05, 0) is 46.1 Å². The van der Waals surface area contributed by atoms with Gasteiger partial charge in [-0.15, -0.1) is 0 Å². The molecule has 0 bridgehead atoms. The van der Waals surface area contributed by atoms with E-state index in [4.69, 9.17) is 4.63 Å². The van der Waals surface area contributed by atoms with Crippen molar-refractivity contribution in [2.45, 2.75) is 23.9 Å². The number of hydroxylamine groups is 1. The van der Waals surface area contributed by atoms with E-state index >= 15 is 0 Å². The smallest absolute Gasteiger partial charge is 0.185 e. The summed E-state index contributed by atoms with van der Waals surface area (Å²) in [6, 6.07) is 4.32. The molecular formula is C18H15FN4O3S. The van der Waals surface area contributed by atoms with Crippen molar-refractivity contribution in [1.82, 2.24) is 15.8 Å².